The summed E-state index contributed by atoms with van der Waals surface area (Å²) in [5.41, 5.74) is 6.65. The number of anilines is 1. The van der Waals surface area contributed by atoms with Gasteiger partial charge in [0, 0.05) is 30.2 Å². The molecule has 19 heavy (non-hydrogen) atoms. The minimum Gasteiger partial charge on any atom is -0.366 e. The van der Waals surface area contributed by atoms with E-state index in [2.05, 4.69) is 0 Å². The summed E-state index contributed by atoms with van der Waals surface area (Å²) in [5, 5.41) is 11.5. The first-order valence-corrected chi connectivity index (χ1v) is 6.81. The lowest BCUT2D eigenvalue weighted by Gasteiger charge is -2.35. The van der Waals surface area contributed by atoms with Crippen molar-refractivity contribution in [3.05, 3.63) is 33.3 Å². The molecule has 104 valence electrons. The van der Waals surface area contributed by atoms with Crippen LogP contribution in [0.1, 0.15) is 19.8 Å². The van der Waals surface area contributed by atoms with Gasteiger partial charge < -0.3 is 10.6 Å². The Labute approximate surface area is 117 Å². The Kier molecular flexibility index (Phi) is 4.27. The second-order valence-electron chi connectivity index (χ2n) is 5.10. The van der Waals surface area contributed by atoms with Gasteiger partial charge in [0.15, 0.2) is 0 Å². The Hall–Kier alpha value is -1.33. The zero-order valence-electron chi connectivity index (χ0n) is 10.9. The van der Waals surface area contributed by atoms with Crippen LogP contribution in [0, 0.1) is 16.0 Å². The molecule has 1 saturated heterocycles. The number of hydrogen-bond acceptors (Lipinski definition) is 4. The molecule has 2 rings (SSSR count). The molecule has 0 bridgehead atoms. The number of nitro benzene ring substituents is 1. The molecule has 1 fully saturated rings. The third-order valence-electron chi connectivity index (χ3n) is 3.68. The van der Waals surface area contributed by atoms with Crippen LogP contribution in [-0.2, 0) is 0 Å². The zero-order valence-corrected chi connectivity index (χ0v) is 11.6. The van der Waals surface area contributed by atoms with Crippen molar-refractivity contribution in [1.82, 2.24) is 0 Å². The number of benzene rings is 1. The molecule has 1 aromatic rings. The molecule has 1 aliphatic rings. The van der Waals surface area contributed by atoms with Gasteiger partial charge in [0.2, 0.25) is 0 Å². The quantitative estimate of drug-likeness (QED) is 0.684. The van der Waals surface area contributed by atoms with Crippen molar-refractivity contribution in [2.24, 2.45) is 11.7 Å². The molecule has 0 saturated carbocycles. The predicted octanol–water partition coefficient (Wildman–Crippen LogP) is 2.81. The minimum absolute atomic E-state index is 0.0674. The number of nitro groups is 1. The predicted molar refractivity (Wildman–Crippen MR) is 76.7 cm³/mol. The molecule has 2 unspecified atom stereocenters. The number of nitrogens with two attached hydrogens (primary N) is 1. The van der Waals surface area contributed by atoms with Crippen LogP contribution in [-0.4, -0.2) is 24.1 Å². The van der Waals surface area contributed by atoms with Crippen LogP contribution in [0.5, 0.6) is 0 Å². The Bertz CT molecular complexity index is 479. The van der Waals surface area contributed by atoms with Crippen molar-refractivity contribution in [1.29, 1.82) is 0 Å². The summed E-state index contributed by atoms with van der Waals surface area (Å²) in [6.45, 7) is 3.58. The molecule has 0 aromatic heterocycles. The average Bonchev–Trinajstić information content (AvgIpc) is 2.38. The molecule has 1 heterocycles. The van der Waals surface area contributed by atoms with Gasteiger partial charge in [0.05, 0.1) is 4.92 Å². The van der Waals surface area contributed by atoms with E-state index in [4.69, 9.17) is 17.3 Å². The summed E-state index contributed by atoms with van der Waals surface area (Å²) in [5.74, 6) is 0.379. The van der Waals surface area contributed by atoms with Gasteiger partial charge in [-0.3, -0.25) is 10.1 Å². The maximum Gasteiger partial charge on any atom is 0.294 e. The van der Waals surface area contributed by atoms with Gasteiger partial charge in [-0.15, -0.1) is 0 Å². The Morgan fingerprint density at radius 2 is 2.32 bits per heavy atom. The third-order valence-corrected chi connectivity index (χ3v) is 3.91. The van der Waals surface area contributed by atoms with Crippen molar-refractivity contribution in [2.45, 2.75) is 25.8 Å². The van der Waals surface area contributed by atoms with Gasteiger partial charge in [0.25, 0.3) is 5.69 Å². The monoisotopic (exact) mass is 283 g/mol. The van der Waals surface area contributed by atoms with E-state index >= 15 is 0 Å². The first kappa shape index (κ1) is 14.1. The van der Waals surface area contributed by atoms with Crippen LogP contribution in [0.3, 0.4) is 0 Å². The fourth-order valence-electron chi connectivity index (χ4n) is 2.57. The van der Waals surface area contributed by atoms with Crippen molar-refractivity contribution >= 4 is 23.0 Å². The summed E-state index contributed by atoms with van der Waals surface area (Å²) in [6.07, 6.45) is 2.08. The second kappa shape index (κ2) is 5.75. The number of halogens is 1. The van der Waals surface area contributed by atoms with E-state index in [-0.39, 0.29) is 16.7 Å². The van der Waals surface area contributed by atoms with Gasteiger partial charge in [-0.05, 0) is 37.8 Å². The Morgan fingerprint density at radius 3 is 2.95 bits per heavy atom. The summed E-state index contributed by atoms with van der Waals surface area (Å²) < 4.78 is 0. The Morgan fingerprint density at radius 1 is 1.58 bits per heavy atom. The van der Waals surface area contributed by atoms with E-state index in [0.717, 1.165) is 25.9 Å². The van der Waals surface area contributed by atoms with Gasteiger partial charge >= 0.3 is 0 Å². The lowest BCUT2D eigenvalue weighted by Crippen LogP contribution is -2.42. The average molecular weight is 284 g/mol. The van der Waals surface area contributed by atoms with Gasteiger partial charge in [-0.25, -0.2) is 0 Å². The molecule has 2 N–H and O–H groups in total. The van der Waals surface area contributed by atoms with E-state index in [1.54, 1.807) is 12.1 Å². The SMILES string of the molecule is CC(N)C1CCCN(c2ccc(Cl)cc2[N+](=O)[O-])C1. The number of piperidine rings is 1. The van der Waals surface area contributed by atoms with Crippen LogP contribution < -0.4 is 10.6 Å². The van der Waals surface area contributed by atoms with E-state index in [9.17, 15) is 10.1 Å². The first-order valence-electron chi connectivity index (χ1n) is 6.43. The zero-order chi connectivity index (χ0) is 14.0. The molecule has 0 amide bonds. The lowest BCUT2D eigenvalue weighted by atomic mass is 9.92. The molecule has 6 heteroatoms. The third kappa shape index (κ3) is 3.16. The highest BCUT2D eigenvalue weighted by Gasteiger charge is 2.27. The number of hydrogen-bond donors (Lipinski definition) is 1. The standard InChI is InChI=1S/C13H18ClN3O2/c1-9(15)10-3-2-6-16(8-10)12-5-4-11(14)7-13(12)17(18)19/h4-5,7,9-10H,2-3,6,8,15H2,1H3. The van der Waals surface area contributed by atoms with Crippen LogP contribution in [0.4, 0.5) is 11.4 Å². The fourth-order valence-corrected chi connectivity index (χ4v) is 2.73. The van der Waals surface area contributed by atoms with E-state index in [1.807, 2.05) is 11.8 Å². The highest BCUT2D eigenvalue weighted by molar-refractivity contribution is 6.30. The molecule has 1 aromatic carbocycles. The van der Waals surface area contributed by atoms with Crippen LogP contribution >= 0.6 is 11.6 Å². The molecule has 5 nitrogen and oxygen atoms in total. The van der Waals surface area contributed by atoms with Gasteiger partial charge in [0.1, 0.15) is 5.69 Å². The molecule has 0 radical (unpaired) electrons. The molecule has 0 aliphatic carbocycles. The van der Waals surface area contributed by atoms with Crippen LogP contribution in [0.15, 0.2) is 18.2 Å². The number of nitrogens with zero attached hydrogens (tertiary/aromatic N) is 2. The normalized spacial score (nSPS) is 21.2. The summed E-state index contributed by atoms with van der Waals surface area (Å²) >= 11 is 5.84. The maximum absolute atomic E-state index is 11.1. The smallest absolute Gasteiger partial charge is 0.294 e. The fraction of sp³-hybridized carbons (Fsp3) is 0.538. The highest BCUT2D eigenvalue weighted by Crippen LogP contribution is 2.34. The van der Waals surface area contributed by atoms with Crippen molar-refractivity contribution in [3.63, 3.8) is 0 Å². The number of rotatable bonds is 3. The van der Waals surface area contributed by atoms with E-state index in [0.29, 0.717) is 16.6 Å². The van der Waals surface area contributed by atoms with Crippen molar-refractivity contribution in [2.75, 3.05) is 18.0 Å². The molecular weight excluding hydrogens is 266 g/mol. The summed E-state index contributed by atoms with van der Waals surface area (Å²) in [4.78, 5) is 12.8. The molecule has 1 aliphatic heterocycles. The molecule has 0 spiro atoms. The first-order chi connectivity index (χ1) is 8.99. The Balaban J connectivity index is 2.28. The van der Waals surface area contributed by atoms with E-state index in [1.165, 1.54) is 6.07 Å². The topological polar surface area (TPSA) is 72.4 Å². The van der Waals surface area contributed by atoms with Gasteiger partial charge in [-0.1, -0.05) is 11.6 Å². The van der Waals surface area contributed by atoms with E-state index < -0.39 is 0 Å². The van der Waals surface area contributed by atoms with Crippen LogP contribution in [0.25, 0.3) is 0 Å². The molecular formula is C13H18ClN3O2. The maximum atomic E-state index is 11.1. The van der Waals surface area contributed by atoms with Crippen molar-refractivity contribution < 1.29 is 4.92 Å². The summed E-state index contributed by atoms with van der Waals surface area (Å²) in [6, 6.07) is 4.93. The highest BCUT2D eigenvalue weighted by atomic mass is 35.5. The van der Waals surface area contributed by atoms with Crippen LogP contribution in [0.2, 0.25) is 5.02 Å². The minimum atomic E-state index is -0.378. The molecule has 2 atom stereocenters. The van der Waals surface area contributed by atoms with Crippen molar-refractivity contribution in [3.8, 4) is 0 Å². The largest absolute Gasteiger partial charge is 0.366 e. The van der Waals surface area contributed by atoms with Gasteiger partial charge in [-0.2, -0.15) is 0 Å². The lowest BCUT2D eigenvalue weighted by molar-refractivity contribution is -0.384. The summed E-state index contributed by atoms with van der Waals surface area (Å²) in [7, 11) is 0. The second-order valence-corrected chi connectivity index (χ2v) is 5.53.